The Kier molecular flexibility index (Phi) is 7.35. The zero-order valence-electron chi connectivity index (χ0n) is 12.6. The van der Waals surface area contributed by atoms with Crippen molar-refractivity contribution in [1.29, 1.82) is 0 Å². The molecule has 0 aliphatic heterocycles. The van der Waals surface area contributed by atoms with E-state index < -0.39 is 6.61 Å². The van der Waals surface area contributed by atoms with Crippen LogP contribution in [0.25, 0.3) is 0 Å². The SMILES string of the molecule is COc1ccc(CNC(C)C(OC)OC)cc1OC(F)F. The molecule has 0 aliphatic rings. The average Bonchev–Trinajstić information content (AvgIpc) is 2.46. The van der Waals surface area contributed by atoms with Gasteiger partial charge in [-0.05, 0) is 24.6 Å². The molecule has 0 saturated heterocycles. The van der Waals surface area contributed by atoms with Crippen LogP contribution in [0.1, 0.15) is 12.5 Å². The number of rotatable bonds is 9. The summed E-state index contributed by atoms with van der Waals surface area (Å²) in [4.78, 5) is 0. The summed E-state index contributed by atoms with van der Waals surface area (Å²) in [5.74, 6) is 0.272. The Labute approximate surface area is 123 Å². The second-order valence-electron chi connectivity index (χ2n) is 4.37. The first-order chi connectivity index (χ1) is 10.0. The summed E-state index contributed by atoms with van der Waals surface area (Å²) >= 11 is 0. The maximum absolute atomic E-state index is 12.4. The van der Waals surface area contributed by atoms with Crippen LogP contribution in [0.5, 0.6) is 11.5 Å². The van der Waals surface area contributed by atoms with Gasteiger partial charge in [0.25, 0.3) is 0 Å². The molecule has 1 N–H and O–H groups in total. The monoisotopic (exact) mass is 305 g/mol. The molecule has 1 unspecified atom stereocenters. The number of hydrogen-bond donors (Lipinski definition) is 1. The molecular formula is C14H21F2NO4. The minimum Gasteiger partial charge on any atom is -0.493 e. The van der Waals surface area contributed by atoms with Crippen LogP contribution < -0.4 is 14.8 Å². The molecule has 0 saturated carbocycles. The highest BCUT2D eigenvalue weighted by molar-refractivity contribution is 5.43. The summed E-state index contributed by atoms with van der Waals surface area (Å²) in [5, 5.41) is 3.18. The van der Waals surface area contributed by atoms with Gasteiger partial charge in [-0.15, -0.1) is 0 Å². The Hall–Kier alpha value is -1.44. The summed E-state index contributed by atoms with van der Waals surface area (Å²) < 4.78 is 44.4. The van der Waals surface area contributed by atoms with Crippen molar-refractivity contribution in [3.05, 3.63) is 23.8 Å². The molecule has 0 fully saturated rings. The Morgan fingerprint density at radius 3 is 2.29 bits per heavy atom. The van der Waals surface area contributed by atoms with E-state index in [0.717, 1.165) is 5.56 Å². The van der Waals surface area contributed by atoms with Gasteiger partial charge in [-0.3, -0.25) is 0 Å². The van der Waals surface area contributed by atoms with E-state index in [1.165, 1.54) is 13.2 Å². The fourth-order valence-corrected chi connectivity index (χ4v) is 1.90. The van der Waals surface area contributed by atoms with E-state index in [1.54, 1.807) is 26.4 Å². The predicted octanol–water partition coefficient (Wildman–Crippen LogP) is 2.39. The molecule has 21 heavy (non-hydrogen) atoms. The molecule has 0 amide bonds. The molecule has 7 heteroatoms. The number of hydrogen-bond acceptors (Lipinski definition) is 5. The smallest absolute Gasteiger partial charge is 0.387 e. The zero-order valence-corrected chi connectivity index (χ0v) is 12.6. The highest BCUT2D eigenvalue weighted by Crippen LogP contribution is 2.29. The first kappa shape index (κ1) is 17.6. The van der Waals surface area contributed by atoms with Gasteiger partial charge in [-0.25, -0.2) is 0 Å². The first-order valence-electron chi connectivity index (χ1n) is 6.42. The molecule has 0 radical (unpaired) electrons. The largest absolute Gasteiger partial charge is 0.493 e. The van der Waals surface area contributed by atoms with Crippen LogP contribution in [-0.2, 0) is 16.0 Å². The normalized spacial score (nSPS) is 12.8. The maximum Gasteiger partial charge on any atom is 0.387 e. The lowest BCUT2D eigenvalue weighted by Crippen LogP contribution is -2.39. The van der Waals surface area contributed by atoms with Crippen LogP contribution in [0.4, 0.5) is 8.78 Å². The Morgan fingerprint density at radius 2 is 1.76 bits per heavy atom. The predicted molar refractivity (Wildman–Crippen MR) is 73.7 cm³/mol. The Bertz CT molecular complexity index is 427. The standard InChI is InChI=1S/C14H21F2NO4/c1-9(13(19-3)20-4)17-8-10-5-6-11(18-2)12(7-10)21-14(15)16/h5-7,9,13-14,17H,8H2,1-4H3. The quantitative estimate of drug-likeness (QED) is 0.710. The number of ether oxygens (including phenoxy) is 4. The molecule has 0 heterocycles. The molecule has 1 atom stereocenters. The third kappa shape index (κ3) is 5.45. The van der Waals surface area contributed by atoms with Crippen molar-refractivity contribution in [3.8, 4) is 11.5 Å². The number of halogens is 2. The third-order valence-corrected chi connectivity index (χ3v) is 2.95. The van der Waals surface area contributed by atoms with Crippen molar-refractivity contribution in [3.63, 3.8) is 0 Å². The second kappa shape index (κ2) is 8.76. The van der Waals surface area contributed by atoms with Gasteiger partial charge in [-0.2, -0.15) is 8.78 Å². The lowest BCUT2D eigenvalue weighted by Gasteiger charge is -2.22. The maximum atomic E-state index is 12.4. The lowest BCUT2D eigenvalue weighted by molar-refractivity contribution is -0.119. The van der Waals surface area contributed by atoms with Crippen molar-refractivity contribution in [1.82, 2.24) is 5.32 Å². The Morgan fingerprint density at radius 1 is 1.10 bits per heavy atom. The number of methoxy groups -OCH3 is 3. The van der Waals surface area contributed by atoms with E-state index in [2.05, 4.69) is 10.1 Å². The molecule has 1 rings (SSSR count). The van der Waals surface area contributed by atoms with Crippen LogP contribution in [0.2, 0.25) is 0 Å². The van der Waals surface area contributed by atoms with E-state index >= 15 is 0 Å². The van der Waals surface area contributed by atoms with Crippen molar-refractivity contribution < 1.29 is 27.7 Å². The lowest BCUT2D eigenvalue weighted by atomic mass is 10.2. The molecule has 5 nitrogen and oxygen atoms in total. The third-order valence-electron chi connectivity index (χ3n) is 2.95. The molecule has 120 valence electrons. The molecule has 0 bridgehead atoms. The van der Waals surface area contributed by atoms with E-state index in [-0.39, 0.29) is 23.8 Å². The highest BCUT2D eigenvalue weighted by Gasteiger charge is 2.16. The van der Waals surface area contributed by atoms with Crippen LogP contribution in [0, 0.1) is 0 Å². The first-order valence-corrected chi connectivity index (χ1v) is 6.42. The summed E-state index contributed by atoms with van der Waals surface area (Å²) in [5.41, 5.74) is 0.782. The van der Waals surface area contributed by atoms with E-state index in [0.29, 0.717) is 6.54 Å². The molecule has 0 aliphatic carbocycles. The van der Waals surface area contributed by atoms with Gasteiger partial charge in [-0.1, -0.05) is 6.07 Å². The zero-order chi connectivity index (χ0) is 15.8. The molecule has 1 aromatic carbocycles. The second-order valence-corrected chi connectivity index (χ2v) is 4.37. The van der Waals surface area contributed by atoms with Crippen molar-refractivity contribution in [2.45, 2.75) is 32.4 Å². The van der Waals surface area contributed by atoms with Crippen LogP contribution in [0.15, 0.2) is 18.2 Å². The summed E-state index contributed by atoms with van der Waals surface area (Å²) in [6.07, 6.45) is -0.389. The topological polar surface area (TPSA) is 49.0 Å². The van der Waals surface area contributed by atoms with E-state index in [9.17, 15) is 8.78 Å². The minimum absolute atomic E-state index is 0.00878. The number of alkyl halides is 2. The molecule has 1 aromatic rings. The van der Waals surface area contributed by atoms with Crippen molar-refractivity contribution in [2.75, 3.05) is 21.3 Å². The molecular weight excluding hydrogens is 284 g/mol. The minimum atomic E-state index is -2.90. The van der Waals surface area contributed by atoms with Gasteiger partial charge in [0.1, 0.15) is 0 Å². The Balaban J connectivity index is 2.71. The van der Waals surface area contributed by atoms with Gasteiger partial charge >= 0.3 is 6.61 Å². The van der Waals surface area contributed by atoms with Crippen molar-refractivity contribution in [2.24, 2.45) is 0 Å². The van der Waals surface area contributed by atoms with Gasteiger partial charge in [0.05, 0.1) is 13.2 Å². The average molecular weight is 305 g/mol. The number of nitrogens with one attached hydrogen (secondary N) is 1. The van der Waals surface area contributed by atoms with Gasteiger partial charge < -0.3 is 24.3 Å². The van der Waals surface area contributed by atoms with Gasteiger partial charge in [0.15, 0.2) is 17.8 Å². The van der Waals surface area contributed by atoms with Crippen LogP contribution in [-0.4, -0.2) is 40.3 Å². The summed E-state index contributed by atoms with van der Waals surface area (Å²) in [6, 6.07) is 4.80. The fraction of sp³-hybridized carbons (Fsp3) is 0.571. The summed E-state index contributed by atoms with van der Waals surface area (Å²) in [6.45, 7) is -0.543. The fourth-order valence-electron chi connectivity index (χ4n) is 1.90. The van der Waals surface area contributed by atoms with Gasteiger partial charge in [0, 0.05) is 20.8 Å². The molecule has 0 aromatic heterocycles. The van der Waals surface area contributed by atoms with E-state index in [4.69, 9.17) is 14.2 Å². The highest BCUT2D eigenvalue weighted by atomic mass is 19.3. The van der Waals surface area contributed by atoms with Crippen LogP contribution in [0.3, 0.4) is 0 Å². The van der Waals surface area contributed by atoms with Crippen molar-refractivity contribution >= 4 is 0 Å². The summed E-state index contributed by atoms with van der Waals surface area (Å²) in [7, 11) is 4.50. The number of benzene rings is 1. The molecule has 0 spiro atoms. The van der Waals surface area contributed by atoms with Crippen LogP contribution >= 0.6 is 0 Å². The van der Waals surface area contributed by atoms with E-state index in [1.807, 2.05) is 6.92 Å². The van der Waals surface area contributed by atoms with Gasteiger partial charge in [0.2, 0.25) is 0 Å².